The van der Waals surface area contributed by atoms with Gasteiger partial charge in [0.05, 0.1) is 14.2 Å². The van der Waals surface area contributed by atoms with Gasteiger partial charge in [0.1, 0.15) is 11.5 Å². The Kier molecular flexibility index (Phi) is 5.70. The van der Waals surface area contributed by atoms with Gasteiger partial charge in [-0.2, -0.15) is 4.98 Å². The lowest BCUT2D eigenvalue weighted by Gasteiger charge is -2.18. The third-order valence-corrected chi connectivity index (χ3v) is 5.48. The summed E-state index contributed by atoms with van der Waals surface area (Å²) < 4.78 is 16.2. The fourth-order valence-corrected chi connectivity index (χ4v) is 3.71. The maximum Gasteiger partial charge on any atom is 0.257 e. The second-order valence-electron chi connectivity index (χ2n) is 7.36. The maximum absolute atomic E-state index is 12.6. The summed E-state index contributed by atoms with van der Waals surface area (Å²) in [4.78, 5) is 19.0. The van der Waals surface area contributed by atoms with Crippen molar-refractivity contribution in [3.05, 3.63) is 59.4 Å². The molecule has 0 spiro atoms. The van der Waals surface area contributed by atoms with E-state index < -0.39 is 0 Å². The molecule has 0 saturated carbocycles. The van der Waals surface area contributed by atoms with E-state index in [1.807, 2.05) is 30.3 Å². The first-order valence-corrected chi connectivity index (χ1v) is 10.0. The van der Waals surface area contributed by atoms with Crippen LogP contribution in [0, 0.1) is 0 Å². The number of nitrogens with zero attached hydrogens (tertiary/aromatic N) is 3. The highest BCUT2D eigenvalue weighted by atomic mass is 16.5. The van der Waals surface area contributed by atoms with Gasteiger partial charge in [-0.25, -0.2) is 0 Å². The SMILES string of the molecule is CCc1ccc(-c2nc(C3CC(=O)N(Cc4cc(OC)ccc4OC)C3)no2)cc1. The molecule has 7 nitrogen and oxygen atoms in total. The molecular weight excluding hydrogens is 382 g/mol. The number of aromatic nitrogens is 2. The molecule has 1 atom stereocenters. The van der Waals surface area contributed by atoms with E-state index in [4.69, 9.17) is 14.0 Å². The normalized spacial score (nSPS) is 16.2. The number of likely N-dealkylation sites (tertiary alicyclic amines) is 1. The fourth-order valence-electron chi connectivity index (χ4n) is 3.71. The average molecular weight is 407 g/mol. The Bertz CT molecular complexity index is 1030. The van der Waals surface area contributed by atoms with Crippen LogP contribution in [-0.2, 0) is 17.8 Å². The second kappa shape index (κ2) is 8.57. The smallest absolute Gasteiger partial charge is 0.257 e. The van der Waals surface area contributed by atoms with Crippen LogP contribution in [0.2, 0.25) is 0 Å². The minimum Gasteiger partial charge on any atom is -0.497 e. The van der Waals surface area contributed by atoms with E-state index >= 15 is 0 Å². The topological polar surface area (TPSA) is 77.7 Å². The first kappa shape index (κ1) is 19.9. The Morgan fingerprint density at radius 1 is 1.13 bits per heavy atom. The van der Waals surface area contributed by atoms with Gasteiger partial charge < -0.3 is 18.9 Å². The van der Waals surface area contributed by atoms with Crippen LogP contribution in [0.4, 0.5) is 0 Å². The van der Waals surface area contributed by atoms with Crippen molar-refractivity contribution in [2.45, 2.75) is 32.2 Å². The third-order valence-electron chi connectivity index (χ3n) is 5.48. The monoisotopic (exact) mass is 407 g/mol. The number of amides is 1. The number of carbonyl (C=O) groups is 1. The zero-order valence-corrected chi connectivity index (χ0v) is 17.4. The predicted octanol–water partition coefficient (Wildman–Crippen LogP) is 3.83. The lowest BCUT2D eigenvalue weighted by molar-refractivity contribution is -0.128. The third kappa shape index (κ3) is 4.01. The van der Waals surface area contributed by atoms with E-state index in [1.54, 1.807) is 19.1 Å². The largest absolute Gasteiger partial charge is 0.497 e. The molecule has 0 aliphatic carbocycles. The van der Waals surface area contributed by atoms with Gasteiger partial charge in [-0.05, 0) is 42.3 Å². The molecular formula is C23H25N3O4. The van der Waals surface area contributed by atoms with Crippen molar-refractivity contribution in [3.8, 4) is 23.0 Å². The highest BCUT2D eigenvalue weighted by Gasteiger charge is 2.34. The van der Waals surface area contributed by atoms with E-state index in [9.17, 15) is 4.79 Å². The minimum atomic E-state index is -0.0958. The van der Waals surface area contributed by atoms with Crippen molar-refractivity contribution in [1.82, 2.24) is 15.0 Å². The summed E-state index contributed by atoms with van der Waals surface area (Å²) in [5.41, 5.74) is 3.03. The fraction of sp³-hybridized carbons (Fsp3) is 0.348. The molecule has 7 heteroatoms. The first-order chi connectivity index (χ1) is 14.6. The molecule has 1 unspecified atom stereocenters. The molecule has 1 aromatic heterocycles. The van der Waals surface area contributed by atoms with Crippen LogP contribution in [0.25, 0.3) is 11.5 Å². The van der Waals surface area contributed by atoms with Crippen LogP contribution in [-0.4, -0.2) is 41.7 Å². The molecule has 4 rings (SSSR count). The van der Waals surface area contributed by atoms with Gasteiger partial charge in [0.25, 0.3) is 5.89 Å². The molecule has 0 radical (unpaired) electrons. The molecule has 2 aromatic carbocycles. The number of methoxy groups -OCH3 is 2. The van der Waals surface area contributed by atoms with Crippen LogP contribution in [0.15, 0.2) is 47.0 Å². The summed E-state index contributed by atoms with van der Waals surface area (Å²) in [6.45, 7) is 3.09. The van der Waals surface area contributed by atoms with Crippen molar-refractivity contribution in [1.29, 1.82) is 0 Å². The Hall–Kier alpha value is -3.35. The Morgan fingerprint density at radius 3 is 2.63 bits per heavy atom. The summed E-state index contributed by atoms with van der Waals surface area (Å²) in [5, 5.41) is 4.14. The first-order valence-electron chi connectivity index (χ1n) is 10.0. The van der Waals surface area contributed by atoms with E-state index in [0.717, 1.165) is 29.0 Å². The molecule has 0 N–H and O–H groups in total. The van der Waals surface area contributed by atoms with Gasteiger partial charge >= 0.3 is 0 Å². The minimum absolute atomic E-state index is 0.0588. The van der Waals surface area contributed by atoms with Crippen LogP contribution >= 0.6 is 0 Å². The lowest BCUT2D eigenvalue weighted by Crippen LogP contribution is -2.24. The zero-order chi connectivity index (χ0) is 21.1. The summed E-state index contributed by atoms with van der Waals surface area (Å²) in [5.74, 6) is 2.46. The molecule has 1 aliphatic rings. The molecule has 3 aromatic rings. The maximum atomic E-state index is 12.6. The van der Waals surface area contributed by atoms with Crippen LogP contribution in [0.1, 0.15) is 36.2 Å². The van der Waals surface area contributed by atoms with Gasteiger partial charge in [-0.1, -0.05) is 24.2 Å². The number of hydrogen-bond acceptors (Lipinski definition) is 6. The zero-order valence-electron chi connectivity index (χ0n) is 17.4. The van der Waals surface area contributed by atoms with E-state index in [-0.39, 0.29) is 11.8 Å². The summed E-state index contributed by atoms with van der Waals surface area (Å²) in [6.07, 6.45) is 1.34. The summed E-state index contributed by atoms with van der Waals surface area (Å²) in [6, 6.07) is 13.7. The van der Waals surface area contributed by atoms with E-state index in [1.165, 1.54) is 5.56 Å². The lowest BCUT2D eigenvalue weighted by atomic mass is 10.1. The van der Waals surface area contributed by atoms with E-state index in [2.05, 4.69) is 29.2 Å². The quantitative estimate of drug-likeness (QED) is 0.592. The van der Waals surface area contributed by atoms with Gasteiger partial charge in [0.2, 0.25) is 5.91 Å². The van der Waals surface area contributed by atoms with Crippen molar-refractivity contribution in [3.63, 3.8) is 0 Å². The van der Waals surface area contributed by atoms with Crippen molar-refractivity contribution in [2.75, 3.05) is 20.8 Å². The van der Waals surface area contributed by atoms with Gasteiger partial charge in [0, 0.05) is 36.6 Å². The standard InChI is InChI=1S/C23H25N3O4/c1-4-15-5-7-16(8-6-15)23-24-22(25-30-23)18-12-21(27)26(14-18)13-17-11-19(28-2)9-10-20(17)29-3/h5-11,18H,4,12-14H2,1-3H3. The van der Waals surface area contributed by atoms with Gasteiger partial charge in [0.15, 0.2) is 5.82 Å². The average Bonchev–Trinajstić information content (AvgIpc) is 3.41. The van der Waals surface area contributed by atoms with Crippen LogP contribution < -0.4 is 9.47 Å². The number of rotatable bonds is 7. The number of carbonyl (C=O) groups excluding carboxylic acids is 1. The molecule has 1 fully saturated rings. The number of ether oxygens (including phenoxy) is 2. The van der Waals surface area contributed by atoms with Crippen LogP contribution in [0.5, 0.6) is 11.5 Å². The number of aryl methyl sites for hydroxylation is 1. The second-order valence-corrected chi connectivity index (χ2v) is 7.36. The number of hydrogen-bond donors (Lipinski definition) is 0. The van der Waals surface area contributed by atoms with Crippen molar-refractivity contribution in [2.24, 2.45) is 0 Å². The Labute approximate surface area is 175 Å². The highest BCUT2D eigenvalue weighted by Crippen LogP contribution is 2.32. The van der Waals surface area contributed by atoms with Crippen molar-refractivity contribution < 1.29 is 18.8 Å². The summed E-state index contributed by atoms with van der Waals surface area (Å²) >= 11 is 0. The molecule has 1 aliphatic heterocycles. The van der Waals surface area contributed by atoms with Crippen LogP contribution in [0.3, 0.4) is 0 Å². The van der Waals surface area contributed by atoms with Gasteiger partial charge in [-0.3, -0.25) is 4.79 Å². The predicted molar refractivity (Wildman–Crippen MR) is 111 cm³/mol. The van der Waals surface area contributed by atoms with Crippen molar-refractivity contribution >= 4 is 5.91 Å². The van der Waals surface area contributed by atoms with E-state index in [0.29, 0.717) is 31.2 Å². The molecule has 156 valence electrons. The highest BCUT2D eigenvalue weighted by molar-refractivity contribution is 5.79. The molecule has 0 bridgehead atoms. The number of benzene rings is 2. The molecule has 1 amide bonds. The summed E-state index contributed by atoms with van der Waals surface area (Å²) in [7, 11) is 3.24. The molecule has 2 heterocycles. The Morgan fingerprint density at radius 2 is 1.93 bits per heavy atom. The Balaban J connectivity index is 1.48. The molecule has 1 saturated heterocycles. The molecule has 30 heavy (non-hydrogen) atoms. The van der Waals surface area contributed by atoms with Gasteiger partial charge in [-0.15, -0.1) is 0 Å².